The predicted octanol–water partition coefficient (Wildman–Crippen LogP) is 1.61. The second kappa shape index (κ2) is 6.17. The van der Waals surface area contributed by atoms with Gasteiger partial charge in [0.1, 0.15) is 0 Å². The molecule has 0 spiro atoms. The molecule has 3 unspecified atom stereocenters. The van der Waals surface area contributed by atoms with Gasteiger partial charge in [-0.05, 0) is 45.1 Å². The first-order valence-electron chi connectivity index (χ1n) is 7.35. The highest BCUT2D eigenvalue weighted by molar-refractivity contribution is 4.91. The fraction of sp³-hybridized carbons (Fsp3) is 1.00. The van der Waals surface area contributed by atoms with Crippen LogP contribution in [-0.4, -0.2) is 47.8 Å². The van der Waals surface area contributed by atoms with Gasteiger partial charge in [-0.15, -0.1) is 0 Å². The van der Waals surface area contributed by atoms with Crippen LogP contribution in [0.15, 0.2) is 0 Å². The zero-order valence-corrected chi connectivity index (χ0v) is 11.4. The highest BCUT2D eigenvalue weighted by Gasteiger charge is 2.32. The Balaban J connectivity index is 1.84. The van der Waals surface area contributed by atoms with E-state index in [1.807, 2.05) is 6.92 Å². The van der Waals surface area contributed by atoms with Crippen LogP contribution in [0.1, 0.15) is 46.0 Å². The zero-order chi connectivity index (χ0) is 12.3. The third-order valence-corrected chi connectivity index (χ3v) is 4.12. The van der Waals surface area contributed by atoms with Crippen LogP contribution in [0.2, 0.25) is 0 Å². The van der Waals surface area contributed by atoms with Gasteiger partial charge in [0, 0.05) is 25.2 Å². The van der Waals surface area contributed by atoms with Gasteiger partial charge in [-0.3, -0.25) is 0 Å². The summed E-state index contributed by atoms with van der Waals surface area (Å²) < 4.78 is 0. The molecule has 1 saturated carbocycles. The number of rotatable bonds is 6. The van der Waals surface area contributed by atoms with Crippen molar-refractivity contribution >= 4 is 0 Å². The Hall–Kier alpha value is -0.120. The minimum Gasteiger partial charge on any atom is -0.393 e. The summed E-state index contributed by atoms with van der Waals surface area (Å²) in [5.74, 6) is 0.455. The normalized spacial score (nSPS) is 32.6. The number of hydrogen-bond acceptors (Lipinski definition) is 3. The molecule has 2 aliphatic rings. The van der Waals surface area contributed by atoms with Crippen molar-refractivity contribution in [1.82, 2.24) is 10.2 Å². The topological polar surface area (TPSA) is 35.5 Å². The zero-order valence-electron chi connectivity index (χ0n) is 11.4. The minimum absolute atomic E-state index is 0.164. The Labute approximate surface area is 106 Å². The number of likely N-dealkylation sites (tertiary alicyclic amines) is 1. The van der Waals surface area contributed by atoms with E-state index in [0.717, 1.165) is 19.0 Å². The first-order valence-corrected chi connectivity index (χ1v) is 7.35. The van der Waals surface area contributed by atoms with Gasteiger partial charge in [0.05, 0.1) is 6.10 Å². The third kappa shape index (κ3) is 4.23. The van der Waals surface area contributed by atoms with Crippen molar-refractivity contribution in [2.24, 2.45) is 5.92 Å². The molecule has 0 aromatic heterocycles. The Kier molecular flexibility index (Phi) is 4.83. The van der Waals surface area contributed by atoms with Crippen molar-refractivity contribution in [2.75, 3.05) is 19.6 Å². The first-order chi connectivity index (χ1) is 8.19. The molecule has 2 rings (SSSR count). The molecular weight excluding hydrogens is 212 g/mol. The van der Waals surface area contributed by atoms with Gasteiger partial charge >= 0.3 is 0 Å². The summed E-state index contributed by atoms with van der Waals surface area (Å²) in [5, 5.41) is 13.6. The molecule has 0 aromatic rings. The largest absolute Gasteiger partial charge is 0.393 e. The molecule has 3 atom stereocenters. The molecule has 0 radical (unpaired) electrons. The Bertz CT molecular complexity index is 228. The van der Waals surface area contributed by atoms with Crippen molar-refractivity contribution in [3.63, 3.8) is 0 Å². The van der Waals surface area contributed by atoms with Gasteiger partial charge in [0.25, 0.3) is 0 Å². The maximum absolute atomic E-state index is 9.83. The molecule has 0 bridgehead atoms. The molecule has 2 N–H and O–H groups in total. The predicted molar refractivity (Wildman–Crippen MR) is 71.1 cm³/mol. The lowest BCUT2D eigenvalue weighted by molar-refractivity contribution is 0.0472. The van der Waals surface area contributed by atoms with E-state index in [1.54, 1.807) is 0 Å². The number of nitrogens with zero attached hydrogens (tertiary/aromatic N) is 1. The maximum Gasteiger partial charge on any atom is 0.0553 e. The van der Waals surface area contributed by atoms with E-state index >= 15 is 0 Å². The summed E-state index contributed by atoms with van der Waals surface area (Å²) in [6.45, 7) is 7.65. The van der Waals surface area contributed by atoms with E-state index in [4.69, 9.17) is 0 Å². The molecule has 1 saturated heterocycles. The summed E-state index contributed by atoms with van der Waals surface area (Å²) in [4.78, 5) is 2.55. The molecule has 3 nitrogen and oxygen atoms in total. The van der Waals surface area contributed by atoms with Gasteiger partial charge in [-0.1, -0.05) is 13.3 Å². The Morgan fingerprint density at radius 1 is 1.29 bits per heavy atom. The number of aliphatic hydroxyl groups is 1. The Morgan fingerprint density at radius 2 is 2.06 bits per heavy atom. The van der Waals surface area contributed by atoms with Crippen LogP contribution < -0.4 is 5.32 Å². The molecule has 3 heteroatoms. The van der Waals surface area contributed by atoms with E-state index in [2.05, 4.69) is 17.1 Å². The minimum atomic E-state index is -0.164. The standard InChI is InChI=1S/C14H28N2O/c1-3-4-7-16-9-12(11(2)17)8-14(10-16)15-13-5-6-13/h11-15,17H,3-10H2,1-2H3. The highest BCUT2D eigenvalue weighted by Crippen LogP contribution is 2.25. The fourth-order valence-corrected chi connectivity index (χ4v) is 2.85. The fourth-order valence-electron chi connectivity index (χ4n) is 2.85. The summed E-state index contributed by atoms with van der Waals surface area (Å²) in [6.07, 6.45) is 6.23. The van der Waals surface area contributed by atoms with E-state index in [9.17, 15) is 5.11 Å². The highest BCUT2D eigenvalue weighted by atomic mass is 16.3. The van der Waals surface area contributed by atoms with Gasteiger partial charge < -0.3 is 15.3 Å². The van der Waals surface area contributed by atoms with Crippen LogP contribution in [0.3, 0.4) is 0 Å². The van der Waals surface area contributed by atoms with E-state index < -0.39 is 0 Å². The second-order valence-electron chi connectivity index (χ2n) is 5.99. The first kappa shape index (κ1) is 13.3. The monoisotopic (exact) mass is 240 g/mol. The molecule has 0 amide bonds. The molecule has 0 aromatic carbocycles. The average Bonchev–Trinajstić information content (AvgIpc) is 3.10. The molecule has 17 heavy (non-hydrogen) atoms. The van der Waals surface area contributed by atoms with Crippen molar-refractivity contribution in [3.8, 4) is 0 Å². The van der Waals surface area contributed by atoms with E-state index in [0.29, 0.717) is 12.0 Å². The summed E-state index contributed by atoms with van der Waals surface area (Å²) in [6, 6.07) is 1.38. The van der Waals surface area contributed by atoms with Gasteiger partial charge in [-0.2, -0.15) is 0 Å². The molecular formula is C14H28N2O. The van der Waals surface area contributed by atoms with Gasteiger partial charge in [-0.25, -0.2) is 0 Å². The molecule has 1 aliphatic carbocycles. The van der Waals surface area contributed by atoms with Gasteiger partial charge in [0.15, 0.2) is 0 Å². The molecule has 1 heterocycles. The second-order valence-corrected chi connectivity index (χ2v) is 5.99. The number of piperidine rings is 1. The summed E-state index contributed by atoms with van der Waals surface area (Å²) >= 11 is 0. The number of unbranched alkanes of at least 4 members (excludes halogenated alkanes) is 1. The number of nitrogens with one attached hydrogen (secondary N) is 1. The summed E-state index contributed by atoms with van der Waals surface area (Å²) in [5.41, 5.74) is 0. The van der Waals surface area contributed by atoms with E-state index in [-0.39, 0.29) is 6.10 Å². The SMILES string of the molecule is CCCCN1CC(NC2CC2)CC(C(C)O)C1. The van der Waals surface area contributed by atoms with Crippen LogP contribution in [0, 0.1) is 5.92 Å². The van der Waals surface area contributed by atoms with Crippen LogP contribution in [0.4, 0.5) is 0 Å². The maximum atomic E-state index is 9.83. The lowest BCUT2D eigenvalue weighted by Crippen LogP contribution is -2.52. The van der Waals surface area contributed by atoms with Crippen LogP contribution in [-0.2, 0) is 0 Å². The number of aliphatic hydroxyl groups excluding tert-OH is 1. The van der Waals surface area contributed by atoms with Crippen molar-refractivity contribution in [1.29, 1.82) is 0 Å². The lowest BCUT2D eigenvalue weighted by Gasteiger charge is -2.39. The quantitative estimate of drug-likeness (QED) is 0.740. The lowest BCUT2D eigenvalue weighted by atomic mass is 9.90. The molecule has 1 aliphatic heterocycles. The molecule has 100 valence electrons. The molecule has 2 fully saturated rings. The Morgan fingerprint density at radius 3 is 2.65 bits per heavy atom. The van der Waals surface area contributed by atoms with Crippen molar-refractivity contribution < 1.29 is 5.11 Å². The van der Waals surface area contributed by atoms with E-state index in [1.165, 1.54) is 38.8 Å². The average molecular weight is 240 g/mol. The van der Waals surface area contributed by atoms with Crippen LogP contribution in [0.25, 0.3) is 0 Å². The van der Waals surface area contributed by atoms with Crippen molar-refractivity contribution in [3.05, 3.63) is 0 Å². The van der Waals surface area contributed by atoms with Gasteiger partial charge in [0.2, 0.25) is 0 Å². The summed E-state index contributed by atoms with van der Waals surface area (Å²) in [7, 11) is 0. The van der Waals surface area contributed by atoms with Crippen LogP contribution in [0.5, 0.6) is 0 Å². The number of hydrogen-bond donors (Lipinski definition) is 2. The van der Waals surface area contributed by atoms with Crippen LogP contribution >= 0.6 is 0 Å². The van der Waals surface area contributed by atoms with Crippen molar-refractivity contribution in [2.45, 2.75) is 64.1 Å². The third-order valence-electron chi connectivity index (χ3n) is 4.12. The smallest absolute Gasteiger partial charge is 0.0553 e.